The standard InChI is InChI=1S/C32H39N3O4S/c1-4-27-14-8-11-17-30(27)35(40(38,39)29-20-18-24(2)19-21-29)23-31(36)34(22-26-12-6-5-7-13-26)25(3)32(37)33-28-15-9-10-16-28/h5-8,11-14,17-21,25,28H,4,9-10,15-16,22-23H2,1-3H3,(H,33,37)/t25-/m0/s1. The van der Waals surface area contributed by atoms with Crippen LogP contribution in [0.2, 0.25) is 0 Å². The third-order valence-corrected chi connectivity index (χ3v) is 9.37. The molecule has 0 aromatic heterocycles. The van der Waals surface area contributed by atoms with E-state index in [0.717, 1.165) is 42.4 Å². The van der Waals surface area contributed by atoms with Crippen molar-refractivity contribution in [3.63, 3.8) is 0 Å². The van der Waals surface area contributed by atoms with Crippen LogP contribution in [0.25, 0.3) is 0 Å². The van der Waals surface area contributed by atoms with Crippen LogP contribution in [0.5, 0.6) is 0 Å². The highest BCUT2D eigenvalue weighted by Crippen LogP contribution is 2.28. The number of carbonyl (C=O) groups excluding carboxylic acids is 2. The lowest BCUT2D eigenvalue weighted by atomic mass is 10.1. The summed E-state index contributed by atoms with van der Waals surface area (Å²) in [6.07, 6.45) is 4.62. The van der Waals surface area contributed by atoms with Gasteiger partial charge in [-0.05, 0) is 62.4 Å². The second-order valence-corrected chi connectivity index (χ2v) is 12.3. The summed E-state index contributed by atoms with van der Waals surface area (Å²) in [7, 11) is -4.08. The molecule has 0 bridgehead atoms. The molecule has 1 N–H and O–H groups in total. The van der Waals surface area contributed by atoms with Crippen molar-refractivity contribution in [3.05, 3.63) is 95.6 Å². The second kappa shape index (κ2) is 13.1. The van der Waals surface area contributed by atoms with E-state index in [1.165, 1.54) is 9.21 Å². The number of anilines is 1. The first-order valence-corrected chi connectivity index (χ1v) is 15.5. The molecule has 1 aliphatic rings. The van der Waals surface area contributed by atoms with Crippen LogP contribution in [0, 0.1) is 6.92 Å². The maximum absolute atomic E-state index is 14.1. The Hall–Kier alpha value is -3.65. The largest absolute Gasteiger partial charge is 0.352 e. The summed E-state index contributed by atoms with van der Waals surface area (Å²) < 4.78 is 29.3. The van der Waals surface area contributed by atoms with Crippen molar-refractivity contribution in [2.75, 3.05) is 10.8 Å². The van der Waals surface area contributed by atoms with E-state index in [2.05, 4.69) is 5.32 Å². The molecule has 0 saturated heterocycles. The highest BCUT2D eigenvalue weighted by Gasteiger charge is 2.34. The number of hydrogen-bond donors (Lipinski definition) is 1. The van der Waals surface area contributed by atoms with Gasteiger partial charge in [0.2, 0.25) is 11.8 Å². The van der Waals surface area contributed by atoms with Crippen LogP contribution in [0.3, 0.4) is 0 Å². The van der Waals surface area contributed by atoms with Gasteiger partial charge in [-0.3, -0.25) is 13.9 Å². The van der Waals surface area contributed by atoms with Gasteiger partial charge >= 0.3 is 0 Å². The van der Waals surface area contributed by atoms with Crippen LogP contribution in [-0.2, 0) is 32.6 Å². The molecule has 7 nitrogen and oxygen atoms in total. The molecule has 40 heavy (non-hydrogen) atoms. The third kappa shape index (κ3) is 6.91. The predicted molar refractivity (Wildman–Crippen MR) is 158 cm³/mol. The molecular weight excluding hydrogens is 522 g/mol. The van der Waals surface area contributed by atoms with Crippen molar-refractivity contribution in [1.29, 1.82) is 0 Å². The first-order chi connectivity index (χ1) is 19.2. The highest BCUT2D eigenvalue weighted by atomic mass is 32.2. The Morgan fingerprint density at radius 3 is 2.20 bits per heavy atom. The van der Waals surface area contributed by atoms with E-state index in [1.807, 2.05) is 56.3 Å². The fraction of sp³-hybridized carbons (Fsp3) is 0.375. The maximum atomic E-state index is 14.1. The van der Waals surface area contributed by atoms with Crippen molar-refractivity contribution in [1.82, 2.24) is 10.2 Å². The van der Waals surface area contributed by atoms with E-state index in [4.69, 9.17) is 0 Å². The normalized spacial score (nSPS) is 14.5. The molecular formula is C32H39N3O4S. The molecule has 212 valence electrons. The Labute approximate surface area is 238 Å². The van der Waals surface area contributed by atoms with E-state index in [9.17, 15) is 18.0 Å². The average molecular weight is 562 g/mol. The molecule has 8 heteroatoms. The van der Waals surface area contributed by atoms with E-state index in [0.29, 0.717) is 12.1 Å². The summed E-state index contributed by atoms with van der Waals surface area (Å²) in [5.41, 5.74) is 3.07. The van der Waals surface area contributed by atoms with Gasteiger partial charge in [0.05, 0.1) is 10.6 Å². The molecule has 0 radical (unpaired) electrons. The van der Waals surface area contributed by atoms with Crippen molar-refractivity contribution in [2.45, 2.75) is 76.4 Å². The molecule has 3 aromatic rings. The number of nitrogens with zero attached hydrogens (tertiary/aromatic N) is 2. The first kappa shape index (κ1) is 29.3. The number of benzene rings is 3. The zero-order valence-electron chi connectivity index (χ0n) is 23.5. The Morgan fingerprint density at radius 1 is 0.925 bits per heavy atom. The summed E-state index contributed by atoms with van der Waals surface area (Å²) in [5, 5.41) is 3.10. The molecule has 1 saturated carbocycles. The molecule has 4 rings (SSSR count). The smallest absolute Gasteiger partial charge is 0.264 e. The third-order valence-electron chi connectivity index (χ3n) is 7.59. The molecule has 0 heterocycles. The van der Waals surface area contributed by atoms with Crippen molar-refractivity contribution in [2.24, 2.45) is 0 Å². The van der Waals surface area contributed by atoms with Gasteiger partial charge in [-0.25, -0.2) is 8.42 Å². The zero-order chi connectivity index (χ0) is 28.7. The lowest BCUT2D eigenvalue weighted by Gasteiger charge is -2.33. The number of carbonyl (C=O) groups is 2. The Balaban J connectivity index is 1.70. The van der Waals surface area contributed by atoms with Crippen LogP contribution in [-0.4, -0.2) is 43.8 Å². The summed E-state index contributed by atoms with van der Waals surface area (Å²) in [6, 6.07) is 22.6. The second-order valence-electron chi connectivity index (χ2n) is 10.5. The number of para-hydroxylation sites is 1. The molecule has 0 unspecified atom stereocenters. The highest BCUT2D eigenvalue weighted by molar-refractivity contribution is 7.92. The van der Waals surface area contributed by atoms with Gasteiger partial charge in [-0.2, -0.15) is 0 Å². The van der Waals surface area contributed by atoms with Gasteiger partial charge in [0.15, 0.2) is 0 Å². The topological polar surface area (TPSA) is 86.8 Å². The molecule has 0 aliphatic heterocycles. The Bertz CT molecular complexity index is 1400. The average Bonchev–Trinajstić information content (AvgIpc) is 3.48. The predicted octanol–water partition coefficient (Wildman–Crippen LogP) is 5.23. The maximum Gasteiger partial charge on any atom is 0.264 e. The van der Waals surface area contributed by atoms with E-state index < -0.39 is 28.5 Å². The monoisotopic (exact) mass is 561 g/mol. The SMILES string of the molecule is CCc1ccccc1N(CC(=O)N(Cc1ccccc1)[C@@H](C)C(=O)NC1CCCC1)S(=O)(=O)c1ccc(C)cc1. The zero-order valence-corrected chi connectivity index (χ0v) is 24.4. The minimum Gasteiger partial charge on any atom is -0.352 e. The number of hydrogen-bond acceptors (Lipinski definition) is 4. The van der Waals surface area contributed by atoms with Crippen LogP contribution < -0.4 is 9.62 Å². The van der Waals surface area contributed by atoms with Gasteiger partial charge in [-0.1, -0.05) is 86.0 Å². The number of rotatable bonds is 11. The van der Waals surface area contributed by atoms with E-state index >= 15 is 0 Å². The van der Waals surface area contributed by atoms with E-state index in [1.54, 1.807) is 43.3 Å². The molecule has 1 aliphatic carbocycles. The molecule has 0 spiro atoms. The van der Waals surface area contributed by atoms with Crippen molar-refractivity contribution >= 4 is 27.5 Å². The van der Waals surface area contributed by atoms with Gasteiger partial charge < -0.3 is 10.2 Å². The van der Waals surface area contributed by atoms with Crippen LogP contribution >= 0.6 is 0 Å². The first-order valence-electron chi connectivity index (χ1n) is 14.0. The number of nitrogens with one attached hydrogen (secondary N) is 1. The summed E-state index contributed by atoms with van der Waals surface area (Å²) in [6.45, 7) is 5.32. The van der Waals surface area contributed by atoms with Crippen LogP contribution in [0.15, 0.2) is 83.8 Å². The number of amides is 2. The minimum atomic E-state index is -4.08. The summed E-state index contributed by atoms with van der Waals surface area (Å²) >= 11 is 0. The van der Waals surface area contributed by atoms with Crippen LogP contribution in [0.1, 0.15) is 56.2 Å². The van der Waals surface area contributed by atoms with Crippen molar-refractivity contribution < 1.29 is 18.0 Å². The lowest BCUT2D eigenvalue weighted by molar-refractivity contribution is -0.139. The fourth-order valence-corrected chi connectivity index (χ4v) is 6.61. The van der Waals surface area contributed by atoms with Gasteiger partial charge in [0.25, 0.3) is 10.0 Å². The molecule has 3 aromatic carbocycles. The van der Waals surface area contributed by atoms with Crippen LogP contribution in [0.4, 0.5) is 5.69 Å². The summed E-state index contributed by atoms with van der Waals surface area (Å²) in [5.74, 6) is -0.669. The fourth-order valence-electron chi connectivity index (χ4n) is 5.16. The van der Waals surface area contributed by atoms with Gasteiger partial charge in [-0.15, -0.1) is 0 Å². The Kier molecular flexibility index (Phi) is 9.63. The van der Waals surface area contributed by atoms with Gasteiger partial charge in [0.1, 0.15) is 12.6 Å². The molecule has 2 amide bonds. The van der Waals surface area contributed by atoms with Gasteiger partial charge in [0, 0.05) is 12.6 Å². The summed E-state index contributed by atoms with van der Waals surface area (Å²) in [4.78, 5) is 29.0. The minimum absolute atomic E-state index is 0.110. The molecule has 1 fully saturated rings. The Morgan fingerprint density at radius 2 is 1.55 bits per heavy atom. The quantitative estimate of drug-likeness (QED) is 0.347. The molecule has 1 atom stereocenters. The van der Waals surface area contributed by atoms with Crippen molar-refractivity contribution in [3.8, 4) is 0 Å². The lowest BCUT2D eigenvalue weighted by Crippen LogP contribution is -2.52. The number of aryl methyl sites for hydroxylation is 2. The number of sulfonamides is 1. The van der Waals surface area contributed by atoms with E-state index in [-0.39, 0.29) is 23.4 Å².